The third kappa shape index (κ3) is 4.03. The fraction of sp³-hybridized carbons (Fsp3) is 0.421. The molecule has 1 aliphatic rings. The second-order valence-electron chi connectivity index (χ2n) is 7.04. The number of benzene rings is 2. The van der Waals surface area contributed by atoms with E-state index in [0.717, 1.165) is 23.9 Å². The molecule has 0 fully saturated rings. The number of ether oxygens (including phenoxy) is 1. The summed E-state index contributed by atoms with van der Waals surface area (Å²) in [6.07, 6.45) is 2.11. The SMILES string of the molecule is COC(=O)[C@@H](NCP1(=S)CNc2cccc3cccc(c23)NC1)C(C)C. The zero-order valence-corrected chi connectivity index (χ0v) is 17.1. The summed E-state index contributed by atoms with van der Waals surface area (Å²) in [5.74, 6) is -0.0844. The number of nitrogens with one attached hydrogen (secondary N) is 3. The highest BCUT2D eigenvalue weighted by molar-refractivity contribution is 8.14. The first kappa shape index (κ1) is 19.2. The lowest BCUT2D eigenvalue weighted by molar-refractivity contribution is -0.144. The van der Waals surface area contributed by atoms with E-state index < -0.39 is 6.04 Å². The Morgan fingerprint density at radius 3 is 2.27 bits per heavy atom. The maximum Gasteiger partial charge on any atom is 0.323 e. The Labute approximate surface area is 159 Å². The zero-order valence-electron chi connectivity index (χ0n) is 15.4. The zero-order chi connectivity index (χ0) is 18.7. The molecule has 3 rings (SSSR count). The van der Waals surface area contributed by atoms with Crippen molar-refractivity contribution in [1.29, 1.82) is 0 Å². The first-order valence-corrected chi connectivity index (χ1v) is 12.2. The summed E-state index contributed by atoms with van der Waals surface area (Å²) in [6, 6.07) is 10.4. The summed E-state index contributed by atoms with van der Waals surface area (Å²) in [5.41, 5.74) is 2.21. The van der Waals surface area contributed by atoms with Gasteiger partial charge in [0, 0.05) is 41.7 Å². The Bertz CT molecular complexity index is 809. The van der Waals surface area contributed by atoms with E-state index in [-0.39, 0.29) is 17.9 Å². The number of carbonyl (C=O) groups excluding carboxylic acids is 1. The van der Waals surface area contributed by atoms with E-state index in [0.29, 0.717) is 6.29 Å². The molecule has 3 N–H and O–H groups in total. The predicted molar refractivity (Wildman–Crippen MR) is 114 cm³/mol. The Hall–Kier alpha value is -1.62. The van der Waals surface area contributed by atoms with Gasteiger partial charge in [-0.3, -0.25) is 10.1 Å². The van der Waals surface area contributed by atoms with Crippen LogP contribution in [0.25, 0.3) is 10.8 Å². The maximum absolute atomic E-state index is 12.0. The normalized spacial score (nSPS) is 16.9. The topological polar surface area (TPSA) is 62.4 Å². The van der Waals surface area contributed by atoms with Crippen molar-refractivity contribution in [1.82, 2.24) is 5.32 Å². The molecule has 0 aromatic heterocycles. The summed E-state index contributed by atoms with van der Waals surface area (Å²) in [5, 5.41) is 12.9. The number of methoxy groups -OCH3 is 1. The van der Waals surface area contributed by atoms with Gasteiger partial charge in [-0.25, -0.2) is 0 Å². The largest absolute Gasteiger partial charge is 0.468 e. The summed E-state index contributed by atoms with van der Waals surface area (Å²) < 4.78 is 4.92. The van der Waals surface area contributed by atoms with Crippen molar-refractivity contribution in [2.24, 2.45) is 5.92 Å². The van der Waals surface area contributed by atoms with Gasteiger partial charge in [0.1, 0.15) is 6.04 Å². The van der Waals surface area contributed by atoms with Crippen LogP contribution in [0.4, 0.5) is 11.4 Å². The first-order valence-electron chi connectivity index (χ1n) is 8.81. The van der Waals surface area contributed by atoms with E-state index in [1.165, 1.54) is 17.9 Å². The van der Waals surface area contributed by atoms with Gasteiger partial charge in [0.15, 0.2) is 0 Å². The molecule has 0 aliphatic carbocycles. The van der Waals surface area contributed by atoms with Crippen LogP contribution in [0.1, 0.15) is 13.8 Å². The lowest BCUT2D eigenvalue weighted by Crippen LogP contribution is -2.42. The third-order valence-corrected chi connectivity index (χ3v) is 8.13. The van der Waals surface area contributed by atoms with Gasteiger partial charge in [-0.1, -0.05) is 49.9 Å². The number of hydrogen-bond acceptors (Lipinski definition) is 6. The molecule has 26 heavy (non-hydrogen) atoms. The molecule has 1 atom stereocenters. The van der Waals surface area contributed by atoms with Crippen LogP contribution in [0.2, 0.25) is 0 Å². The van der Waals surface area contributed by atoms with Crippen LogP contribution < -0.4 is 16.0 Å². The van der Waals surface area contributed by atoms with E-state index in [1.807, 2.05) is 13.8 Å². The Balaban J connectivity index is 1.79. The summed E-state index contributed by atoms with van der Waals surface area (Å²) in [6.45, 7) is 4.02. The van der Waals surface area contributed by atoms with Crippen LogP contribution in [-0.2, 0) is 21.3 Å². The van der Waals surface area contributed by atoms with Gasteiger partial charge in [0.2, 0.25) is 0 Å². The van der Waals surface area contributed by atoms with Gasteiger partial charge in [0.05, 0.1) is 7.11 Å². The van der Waals surface area contributed by atoms with E-state index >= 15 is 0 Å². The molecule has 0 radical (unpaired) electrons. The molecule has 0 saturated heterocycles. The molecule has 0 saturated carbocycles. The second kappa shape index (κ2) is 7.95. The molecule has 5 nitrogen and oxygen atoms in total. The maximum atomic E-state index is 12.0. The Morgan fingerprint density at radius 2 is 1.77 bits per heavy atom. The molecule has 2 aromatic carbocycles. The standard InChI is InChI=1S/C19H26N3O2PS/c1-13(2)18(19(23)24-3)22-12-25(26)10-20-15-8-4-6-14-7-5-9-16(17(14)15)21-11-25/h4-9,13,18,20-22H,10-12H2,1-3H3/t18-/m0/s1. The first-order chi connectivity index (χ1) is 12.4. The summed E-state index contributed by atoms with van der Waals surface area (Å²) in [7, 11) is 1.43. The number of esters is 1. The van der Waals surface area contributed by atoms with Gasteiger partial charge >= 0.3 is 5.97 Å². The van der Waals surface area contributed by atoms with Crippen molar-refractivity contribution in [3.63, 3.8) is 0 Å². The van der Waals surface area contributed by atoms with E-state index in [1.54, 1.807) is 0 Å². The van der Waals surface area contributed by atoms with Crippen molar-refractivity contribution < 1.29 is 9.53 Å². The minimum absolute atomic E-state index is 0.147. The van der Waals surface area contributed by atoms with Crippen molar-refractivity contribution >= 4 is 46.0 Å². The highest BCUT2D eigenvalue weighted by Crippen LogP contribution is 2.47. The molecule has 0 unspecified atom stereocenters. The molecule has 140 valence electrons. The van der Waals surface area contributed by atoms with E-state index in [4.69, 9.17) is 16.5 Å². The number of anilines is 2. The molecular formula is C19H26N3O2PS. The van der Waals surface area contributed by atoms with Crippen molar-refractivity contribution in [3.05, 3.63) is 36.4 Å². The van der Waals surface area contributed by atoms with Crippen molar-refractivity contribution in [3.8, 4) is 0 Å². The van der Waals surface area contributed by atoms with Crippen LogP contribution in [0.5, 0.6) is 0 Å². The van der Waals surface area contributed by atoms with Crippen molar-refractivity contribution in [2.75, 3.05) is 36.6 Å². The molecule has 0 spiro atoms. The average molecular weight is 391 g/mol. The molecule has 0 bridgehead atoms. The highest BCUT2D eigenvalue weighted by atomic mass is 32.4. The summed E-state index contributed by atoms with van der Waals surface area (Å²) in [4.78, 5) is 12.0. The van der Waals surface area contributed by atoms with Crippen LogP contribution in [-0.4, -0.2) is 38.0 Å². The van der Waals surface area contributed by atoms with Gasteiger partial charge in [0.25, 0.3) is 0 Å². The van der Waals surface area contributed by atoms with Crippen molar-refractivity contribution in [2.45, 2.75) is 19.9 Å². The molecular weight excluding hydrogens is 365 g/mol. The molecule has 1 aliphatic heterocycles. The second-order valence-corrected chi connectivity index (χ2v) is 12.4. The Kier molecular flexibility index (Phi) is 5.86. The van der Waals surface area contributed by atoms with Gasteiger partial charge in [-0.15, -0.1) is 0 Å². The summed E-state index contributed by atoms with van der Waals surface area (Å²) >= 11 is 6.04. The molecule has 7 heteroatoms. The minimum Gasteiger partial charge on any atom is -0.468 e. The number of rotatable bonds is 5. The van der Waals surface area contributed by atoms with Gasteiger partial charge in [-0.2, -0.15) is 0 Å². The predicted octanol–water partition coefficient (Wildman–Crippen LogP) is 3.82. The molecule has 1 heterocycles. The molecule has 0 amide bonds. The minimum atomic E-state index is -1.80. The lowest BCUT2D eigenvalue weighted by atomic mass is 10.1. The van der Waals surface area contributed by atoms with Crippen LogP contribution in [0.3, 0.4) is 0 Å². The van der Waals surface area contributed by atoms with Crippen LogP contribution in [0, 0.1) is 5.92 Å². The molecule has 2 aromatic rings. The fourth-order valence-corrected chi connectivity index (χ4v) is 5.64. The smallest absolute Gasteiger partial charge is 0.323 e. The highest BCUT2D eigenvalue weighted by Gasteiger charge is 2.27. The number of hydrogen-bond donors (Lipinski definition) is 3. The quantitative estimate of drug-likeness (QED) is 0.532. The monoisotopic (exact) mass is 391 g/mol. The third-order valence-electron chi connectivity index (χ3n) is 4.74. The average Bonchev–Trinajstić information content (AvgIpc) is 2.63. The van der Waals surface area contributed by atoms with E-state index in [2.05, 4.69) is 52.3 Å². The van der Waals surface area contributed by atoms with Gasteiger partial charge in [-0.05, 0) is 23.4 Å². The van der Waals surface area contributed by atoms with E-state index in [9.17, 15) is 4.79 Å². The number of carbonyl (C=O) groups is 1. The van der Waals surface area contributed by atoms with Gasteiger partial charge < -0.3 is 15.4 Å². The lowest BCUT2D eigenvalue weighted by Gasteiger charge is -2.30. The van der Waals surface area contributed by atoms with Crippen LogP contribution >= 0.6 is 6.04 Å². The Morgan fingerprint density at radius 1 is 1.19 bits per heavy atom. The fourth-order valence-electron chi connectivity index (χ4n) is 3.24. The van der Waals surface area contributed by atoms with Crippen LogP contribution in [0.15, 0.2) is 36.4 Å².